The molecule has 1 aromatic heterocycles. The first-order valence-corrected chi connectivity index (χ1v) is 9.30. The summed E-state index contributed by atoms with van der Waals surface area (Å²) in [6.07, 6.45) is 3.53. The number of aromatic nitrogens is 2. The molecular formula is C22H22N4O2. The van der Waals surface area contributed by atoms with Crippen LogP contribution in [-0.2, 0) is 6.42 Å². The molecule has 1 aliphatic heterocycles. The molecule has 0 unspecified atom stereocenters. The molecule has 2 aromatic carbocycles. The van der Waals surface area contributed by atoms with E-state index < -0.39 is 0 Å². The minimum absolute atomic E-state index is 0.117. The molecule has 1 amide bonds. The molecule has 2 heterocycles. The lowest BCUT2D eigenvalue weighted by Gasteiger charge is -2.29. The monoisotopic (exact) mass is 374 g/mol. The van der Waals surface area contributed by atoms with Crippen molar-refractivity contribution in [1.29, 1.82) is 0 Å². The second-order valence-corrected chi connectivity index (χ2v) is 6.78. The number of ether oxygens (including phenoxy) is 1. The standard InChI is InChI=1S/C22H22N4O2/c1-15-9-10-20(28-2)18(14-15)25-22-23-12-11-17(24-22)21(27)26-13-5-7-16-6-3-4-8-19(16)26/h3-4,6,8-12,14H,5,7,13H2,1-2H3,(H,23,24,25). The van der Waals surface area contributed by atoms with Gasteiger partial charge in [0.2, 0.25) is 5.95 Å². The van der Waals surface area contributed by atoms with Gasteiger partial charge in [-0.05, 0) is 55.2 Å². The number of nitrogens with one attached hydrogen (secondary N) is 1. The van der Waals surface area contributed by atoms with Crippen molar-refractivity contribution in [2.45, 2.75) is 19.8 Å². The SMILES string of the molecule is COc1ccc(C)cc1Nc1nccc(C(=O)N2CCCc3ccccc32)n1. The first-order valence-electron chi connectivity index (χ1n) is 9.30. The van der Waals surface area contributed by atoms with Crippen molar-refractivity contribution >= 4 is 23.2 Å². The summed E-state index contributed by atoms with van der Waals surface area (Å²) in [5.74, 6) is 0.935. The van der Waals surface area contributed by atoms with E-state index in [1.807, 2.05) is 43.3 Å². The number of anilines is 3. The molecule has 0 fully saturated rings. The highest BCUT2D eigenvalue weighted by Gasteiger charge is 2.24. The molecule has 0 spiro atoms. The average Bonchev–Trinajstić information content (AvgIpc) is 2.73. The van der Waals surface area contributed by atoms with Crippen molar-refractivity contribution in [2.75, 3.05) is 23.9 Å². The summed E-state index contributed by atoms with van der Waals surface area (Å²) < 4.78 is 5.39. The minimum atomic E-state index is -0.117. The van der Waals surface area contributed by atoms with Crippen LogP contribution in [0.5, 0.6) is 5.75 Å². The topological polar surface area (TPSA) is 67.3 Å². The second-order valence-electron chi connectivity index (χ2n) is 6.78. The van der Waals surface area contributed by atoms with E-state index in [2.05, 4.69) is 21.4 Å². The largest absolute Gasteiger partial charge is 0.495 e. The Bertz CT molecular complexity index is 1020. The maximum absolute atomic E-state index is 13.1. The fourth-order valence-corrected chi connectivity index (χ4v) is 3.46. The molecule has 6 heteroatoms. The van der Waals surface area contributed by atoms with E-state index in [4.69, 9.17) is 4.74 Å². The number of amides is 1. The number of carbonyl (C=O) groups excluding carboxylic acids is 1. The number of carbonyl (C=O) groups is 1. The summed E-state index contributed by atoms with van der Waals surface area (Å²) in [5.41, 5.74) is 4.36. The number of rotatable bonds is 4. The van der Waals surface area contributed by atoms with Gasteiger partial charge in [-0.15, -0.1) is 0 Å². The number of hydrogen-bond donors (Lipinski definition) is 1. The third-order valence-corrected chi connectivity index (χ3v) is 4.83. The van der Waals surface area contributed by atoms with Crippen molar-refractivity contribution in [3.05, 3.63) is 71.5 Å². The van der Waals surface area contributed by atoms with Gasteiger partial charge >= 0.3 is 0 Å². The Morgan fingerprint density at radius 3 is 2.89 bits per heavy atom. The van der Waals surface area contributed by atoms with Crippen LogP contribution in [0.3, 0.4) is 0 Å². The summed E-state index contributed by atoms with van der Waals surface area (Å²) >= 11 is 0. The molecule has 1 N–H and O–H groups in total. The number of para-hydroxylation sites is 1. The van der Waals surface area contributed by atoms with Crippen LogP contribution in [0, 0.1) is 6.92 Å². The van der Waals surface area contributed by atoms with E-state index in [1.54, 1.807) is 24.3 Å². The fourth-order valence-electron chi connectivity index (χ4n) is 3.46. The lowest BCUT2D eigenvalue weighted by molar-refractivity contribution is 0.0980. The third kappa shape index (κ3) is 3.53. The molecule has 0 radical (unpaired) electrons. The van der Waals surface area contributed by atoms with Crippen molar-refractivity contribution in [1.82, 2.24) is 9.97 Å². The molecular weight excluding hydrogens is 352 g/mol. The van der Waals surface area contributed by atoms with Gasteiger partial charge in [-0.25, -0.2) is 9.97 Å². The number of hydrogen-bond acceptors (Lipinski definition) is 5. The molecule has 3 aromatic rings. The Morgan fingerprint density at radius 2 is 2.04 bits per heavy atom. The molecule has 1 aliphatic rings. The highest BCUT2D eigenvalue weighted by Crippen LogP contribution is 2.29. The molecule has 0 aliphatic carbocycles. The predicted octanol–water partition coefficient (Wildman–Crippen LogP) is 4.13. The van der Waals surface area contributed by atoms with Crippen molar-refractivity contribution < 1.29 is 9.53 Å². The van der Waals surface area contributed by atoms with Gasteiger partial charge in [-0.3, -0.25) is 4.79 Å². The lowest BCUT2D eigenvalue weighted by Crippen LogP contribution is -2.36. The molecule has 0 saturated carbocycles. The molecule has 0 atom stereocenters. The Kier molecular flexibility index (Phi) is 4.93. The van der Waals surface area contributed by atoms with Crippen LogP contribution in [0.2, 0.25) is 0 Å². The Morgan fingerprint density at radius 1 is 1.18 bits per heavy atom. The van der Waals surface area contributed by atoms with Gasteiger partial charge in [0.1, 0.15) is 11.4 Å². The summed E-state index contributed by atoms with van der Waals surface area (Å²) in [6, 6.07) is 15.5. The third-order valence-electron chi connectivity index (χ3n) is 4.83. The summed E-state index contributed by atoms with van der Waals surface area (Å²) in [4.78, 5) is 23.6. The number of methoxy groups -OCH3 is 1. The van der Waals surface area contributed by atoms with E-state index in [9.17, 15) is 4.79 Å². The Labute approximate surface area is 164 Å². The van der Waals surface area contributed by atoms with Crippen LogP contribution in [0.1, 0.15) is 28.0 Å². The molecule has 6 nitrogen and oxygen atoms in total. The smallest absolute Gasteiger partial charge is 0.277 e. The lowest BCUT2D eigenvalue weighted by atomic mass is 10.0. The van der Waals surface area contributed by atoms with Gasteiger partial charge < -0.3 is 15.0 Å². The van der Waals surface area contributed by atoms with Gasteiger partial charge in [0.25, 0.3) is 5.91 Å². The number of benzene rings is 2. The van der Waals surface area contributed by atoms with Gasteiger partial charge in [0.05, 0.1) is 12.8 Å². The second kappa shape index (κ2) is 7.68. The molecule has 0 saturated heterocycles. The van der Waals surface area contributed by atoms with E-state index in [0.717, 1.165) is 29.8 Å². The van der Waals surface area contributed by atoms with Crippen LogP contribution in [0.25, 0.3) is 0 Å². The minimum Gasteiger partial charge on any atom is -0.495 e. The summed E-state index contributed by atoms with van der Waals surface area (Å²) in [6.45, 7) is 2.69. The van der Waals surface area contributed by atoms with E-state index >= 15 is 0 Å². The van der Waals surface area contributed by atoms with Gasteiger partial charge in [-0.2, -0.15) is 0 Å². The van der Waals surface area contributed by atoms with Crippen LogP contribution < -0.4 is 15.0 Å². The van der Waals surface area contributed by atoms with Crippen LogP contribution in [0.4, 0.5) is 17.3 Å². The zero-order valence-corrected chi connectivity index (χ0v) is 16.0. The first kappa shape index (κ1) is 18.0. The van der Waals surface area contributed by atoms with Gasteiger partial charge in [-0.1, -0.05) is 24.3 Å². The van der Waals surface area contributed by atoms with Crippen molar-refractivity contribution in [2.24, 2.45) is 0 Å². The number of fused-ring (bicyclic) bond motifs is 1. The van der Waals surface area contributed by atoms with Crippen LogP contribution in [-0.4, -0.2) is 29.5 Å². The molecule has 28 heavy (non-hydrogen) atoms. The normalized spacial score (nSPS) is 13.0. The van der Waals surface area contributed by atoms with Gasteiger partial charge in [0, 0.05) is 18.4 Å². The average molecular weight is 374 g/mol. The quantitative estimate of drug-likeness (QED) is 0.744. The predicted molar refractivity (Wildman–Crippen MR) is 109 cm³/mol. The van der Waals surface area contributed by atoms with E-state index in [1.165, 1.54) is 5.56 Å². The Hall–Kier alpha value is -3.41. The molecule has 142 valence electrons. The summed E-state index contributed by atoms with van der Waals surface area (Å²) in [7, 11) is 1.62. The zero-order chi connectivity index (χ0) is 19.5. The van der Waals surface area contributed by atoms with Gasteiger partial charge in [0.15, 0.2) is 0 Å². The van der Waals surface area contributed by atoms with Crippen molar-refractivity contribution in [3.63, 3.8) is 0 Å². The number of aryl methyl sites for hydroxylation is 2. The maximum atomic E-state index is 13.1. The Balaban J connectivity index is 1.61. The van der Waals surface area contributed by atoms with Crippen molar-refractivity contribution in [3.8, 4) is 5.75 Å². The first-order chi connectivity index (χ1) is 13.7. The fraction of sp³-hybridized carbons (Fsp3) is 0.227. The van der Waals surface area contributed by atoms with E-state index in [-0.39, 0.29) is 5.91 Å². The zero-order valence-electron chi connectivity index (χ0n) is 16.0. The van der Waals surface area contributed by atoms with Crippen LogP contribution in [0.15, 0.2) is 54.7 Å². The van der Waals surface area contributed by atoms with Crippen LogP contribution >= 0.6 is 0 Å². The highest BCUT2D eigenvalue weighted by molar-refractivity contribution is 6.05. The number of nitrogens with zero attached hydrogens (tertiary/aromatic N) is 3. The molecule has 0 bridgehead atoms. The summed E-state index contributed by atoms with van der Waals surface area (Å²) in [5, 5.41) is 3.16. The maximum Gasteiger partial charge on any atom is 0.277 e. The van der Waals surface area contributed by atoms with E-state index in [0.29, 0.717) is 23.9 Å². The molecule has 4 rings (SSSR count). The highest BCUT2D eigenvalue weighted by atomic mass is 16.5.